The Labute approximate surface area is 120 Å². The lowest BCUT2D eigenvalue weighted by molar-refractivity contribution is 0.0691. The number of thiazole rings is 1. The number of nitrogens with zero attached hydrogens (tertiary/aromatic N) is 1. The predicted molar refractivity (Wildman–Crippen MR) is 77.6 cm³/mol. The van der Waals surface area contributed by atoms with E-state index >= 15 is 0 Å². The molecule has 0 aliphatic heterocycles. The summed E-state index contributed by atoms with van der Waals surface area (Å²) in [5, 5.41) is 13.1. The van der Waals surface area contributed by atoms with Gasteiger partial charge >= 0.3 is 5.97 Å². The van der Waals surface area contributed by atoms with Crippen molar-refractivity contribution >= 4 is 28.9 Å². The number of aromatic carboxylic acids is 1. The molecule has 0 bridgehead atoms. The number of carboxylic acid groups (broad SMARTS) is 1. The van der Waals surface area contributed by atoms with Gasteiger partial charge in [0, 0.05) is 11.1 Å². The molecule has 2 N–H and O–H groups in total. The molecule has 0 radical (unpaired) electrons. The van der Waals surface area contributed by atoms with Gasteiger partial charge in [0.1, 0.15) is 0 Å². The lowest BCUT2D eigenvalue weighted by Crippen LogP contribution is -2.14. The average molecular weight is 290 g/mol. The fourth-order valence-corrected chi connectivity index (χ4v) is 2.45. The van der Waals surface area contributed by atoms with E-state index in [0.717, 1.165) is 22.6 Å². The van der Waals surface area contributed by atoms with Crippen LogP contribution in [0.4, 0.5) is 5.69 Å². The largest absolute Gasteiger partial charge is 0.476 e. The van der Waals surface area contributed by atoms with E-state index in [1.165, 1.54) is 5.38 Å². The summed E-state index contributed by atoms with van der Waals surface area (Å²) in [5.41, 5.74) is 1.63. The quantitative estimate of drug-likeness (QED) is 0.906. The SMILES string of the molecule is CC(C)c1ccccc1NC(=O)c1nc(C(=O)O)cs1. The Morgan fingerprint density at radius 2 is 2.00 bits per heavy atom. The van der Waals surface area contributed by atoms with E-state index in [-0.39, 0.29) is 16.6 Å². The number of carbonyl (C=O) groups is 2. The van der Waals surface area contributed by atoms with Gasteiger partial charge < -0.3 is 10.4 Å². The molecule has 0 aliphatic rings. The van der Waals surface area contributed by atoms with E-state index in [0.29, 0.717) is 0 Å². The average Bonchev–Trinajstić information content (AvgIpc) is 2.89. The maximum Gasteiger partial charge on any atom is 0.355 e. The number of aromatic nitrogens is 1. The van der Waals surface area contributed by atoms with Crippen molar-refractivity contribution in [3.8, 4) is 0 Å². The molecule has 0 aliphatic carbocycles. The highest BCUT2D eigenvalue weighted by atomic mass is 32.1. The zero-order valence-corrected chi connectivity index (χ0v) is 11.9. The first-order valence-corrected chi connectivity index (χ1v) is 6.96. The van der Waals surface area contributed by atoms with Gasteiger partial charge in [-0.2, -0.15) is 0 Å². The Morgan fingerprint density at radius 1 is 1.30 bits per heavy atom. The van der Waals surface area contributed by atoms with Gasteiger partial charge in [0.05, 0.1) is 0 Å². The van der Waals surface area contributed by atoms with Gasteiger partial charge in [-0.15, -0.1) is 11.3 Å². The first kappa shape index (κ1) is 14.2. The lowest BCUT2D eigenvalue weighted by Gasteiger charge is -2.12. The van der Waals surface area contributed by atoms with Crippen LogP contribution < -0.4 is 5.32 Å². The van der Waals surface area contributed by atoms with Crippen LogP contribution in [0.1, 0.15) is 45.6 Å². The Morgan fingerprint density at radius 3 is 2.60 bits per heavy atom. The normalized spacial score (nSPS) is 10.6. The third kappa shape index (κ3) is 3.03. The second kappa shape index (κ2) is 5.83. The summed E-state index contributed by atoms with van der Waals surface area (Å²) in [6, 6.07) is 7.52. The van der Waals surface area contributed by atoms with Crippen molar-refractivity contribution in [2.24, 2.45) is 0 Å². The first-order chi connectivity index (χ1) is 9.49. The van der Waals surface area contributed by atoms with Gasteiger partial charge in [0.25, 0.3) is 5.91 Å². The van der Waals surface area contributed by atoms with Crippen LogP contribution in [-0.4, -0.2) is 22.0 Å². The molecule has 0 atom stereocenters. The Hall–Kier alpha value is -2.21. The first-order valence-electron chi connectivity index (χ1n) is 6.08. The van der Waals surface area contributed by atoms with Crippen molar-refractivity contribution in [2.45, 2.75) is 19.8 Å². The Bertz CT molecular complexity index is 649. The Balaban J connectivity index is 2.21. The van der Waals surface area contributed by atoms with Crippen molar-refractivity contribution in [3.05, 3.63) is 45.9 Å². The van der Waals surface area contributed by atoms with Crippen LogP contribution in [0.15, 0.2) is 29.6 Å². The molecule has 1 amide bonds. The topological polar surface area (TPSA) is 79.3 Å². The van der Waals surface area contributed by atoms with Crippen LogP contribution in [0.3, 0.4) is 0 Å². The zero-order chi connectivity index (χ0) is 14.7. The van der Waals surface area contributed by atoms with E-state index < -0.39 is 11.9 Å². The number of anilines is 1. The molecule has 2 rings (SSSR count). The fourth-order valence-electron chi connectivity index (χ4n) is 1.77. The van der Waals surface area contributed by atoms with Crippen molar-refractivity contribution in [2.75, 3.05) is 5.32 Å². The van der Waals surface area contributed by atoms with E-state index in [1.54, 1.807) is 0 Å². The highest BCUT2D eigenvalue weighted by molar-refractivity contribution is 7.12. The molecule has 104 valence electrons. The lowest BCUT2D eigenvalue weighted by atomic mass is 10.0. The summed E-state index contributed by atoms with van der Waals surface area (Å²) in [4.78, 5) is 26.6. The minimum atomic E-state index is -1.14. The summed E-state index contributed by atoms with van der Waals surface area (Å²) in [5.74, 6) is -1.25. The number of rotatable bonds is 4. The Kier molecular flexibility index (Phi) is 4.14. The molecular weight excluding hydrogens is 276 g/mol. The number of carbonyl (C=O) groups excluding carboxylic acids is 1. The van der Waals surface area contributed by atoms with E-state index in [4.69, 9.17) is 5.11 Å². The summed E-state index contributed by atoms with van der Waals surface area (Å²) in [7, 11) is 0. The smallest absolute Gasteiger partial charge is 0.355 e. The predicted octanol–water partition coefficient (Wildman–Crippen LogP) is 3.22. The number of hydrogen-bond acceptors (Lipinski definition) is 4. The number of carboxylic acids is 1. The van der Waals surface area contributed by atoms with Gasteiger partial charge in [0.2, 0.25) is 0 Å². The molecule has 2 aromatic rings. The molecule has 5 nitrogen and oxygen atoms in total. The molecule has 0 spiro atoms. The van der Waals surface area contributed by atoms with Crippen LogP contribution in [0.2, 0.25) is 0 Å². The molecular formula is C14H14N2O3S. The maximum absolute atomic E-state index is 12.1. The number of amides is 1. The molecule has 20 heavy (non-hydrogen) atoms. The van der Waals surface area contributed by atoms with Gasteiger partial charge in [-0.3, -0.25) is 4.79 Å². The van der Waals surface area contributed by atoms with Gasteiger partial charge in [-0.1, -0.05) is 32.0 Å². The van der Waals surface area contributed by atoms with Crippen LogP contribution in [-0.2, 0) is 0 Å². The molecule has 0 fully saturated rings. The van der Waals surface area contributed by atoms with Crippen molar-refractivity contribution in [3.63, 3.8) is 0 Å². The highest BCUT2D eigenvalue weighted by Crippen LogP contribution is 2.24. The minimum Gasteiger partial charge on any atom is -0.476 e. The van der Waals surface area contributed by atoms with Crippen molar-refractivity contribution < 1.29 is 14.7 Å². The van der Waals surface area contributed by atoms with E-state index in [1.807, 2.05) is 38.1 Å². The number of para-hydroxylation sites is 1. The highest BCUT2D eigenvalue weighted by Gasteiger charge is 2.16. The summed E-state index contributed by atoms with van der Waals surface area (Å²) >= 11 is 1.02. The van der Waals surface area contributed by atoms with E-state index in [2.05, 4.69) is 10.3 Å². The number of hydrogen-bond donors (Lipinski definition) is 2. The van der Waals surface area contributed by atoms with Gasteiger partial charge in [0.15, 0.2) is 10.7 Å². The minimum absolute atomic E-state index is 0.114. The van der Waals surface area contributed by atoms with Gasteiger partial charge in [-0.25, -0.2) is 9.78 Å². The molecule has 1 aromatic heterocycles. The third-order valence-corrected chi connectivity index (χ3v) is 3.59. The molecule has 1 aromatic carbocycles. The maximum atomic E-state index is 12.1. The van der Waals surface area contributed by atoms with Gasteiger partial charge in [-0.05, 0) is 17.5 Å². The van der Waals surface area contributed by atoms with Crippen LogP contribution >= 0.6 is 11.3 Å². The van der Waals surface area contributed by atoms with Crippen molar-refractivity contribution in [1.82, 2.24) is 4.98 Å². The monoisotopic (exact) mass is 290 g/mol. The molecule has 1 heterocycles. The van der Waals surface area contributed by atoms with Crippen LogP contribution in [0.5, 0.6) is 0 Å². The van der Waals surface area contributed by atoms with Crippen LogP contribution in [0.25, 0.3) is 0 Å². The molecule has 0 saturated heterocycles. The zero-order valence-electron chi connectivity index (χ0n) is 11.1. The third-order valence-electron chi connectivity index (χ3n) is 2.75. The van der Waals surface area contributed by atoms with Crippen molar-refractivity contribution in [1.29, 1.82) is 0 Å². The fraction of sp³-hybridized carbons (Fsp3) is 0.214. The molecule has 0 unspecified atom stereocenters. The number of nitrogens with one attached hydrogen (secondary N) is 1. The van der Waals surface area contributed by atoms with Crippen LogP contribution in [0, 0.1) is 0 Å². The molecule has 6 heteroatoms. The molecule has 0 saturated carbocycles. The second-order valence-corrected chi connectivity index (χ2v) is 5.40. The summed E-state index contributed by atoms with van der Waals surface area (Å²) in [6.07, 6.45) is 0. The standard InChI is InChI=1S/C14H14N2O3S/c1-8(2)9-5-3-4-6-10(9)15-12(17)13-16-11(7-20-13)14(18)19/h3-8H,1-2H3,(H,15,17)(H,18,19). The second-order valence-electron chi connectivity index (χ2n) is 4.54. The number of benzene rings is 1. The van der Waals surface area contributed by atoms with E-state index in [9.17, 15) is 9.59 Å². The summed E-state index contributed by atoms with van der Waals surface area (Å²) < 4.78 is 0. The summed E-state index contributed by atoms with van der Waals surface area (Å²) in [6.45, 7) is 4.08.